The summed E-state index contributed by atoms with van der Waals surface area (Å²) in [7, 11) is 0. The number of pyridine rings is 2. The van der Waals surface area contributed by atoms with Crippen molar-refractivity contribution in [2.45, 2.75) is 38.1 Å². The van der Waals surface area contributed by atoms with Gasteiger partial charge in [0.25, 0.3) is 5.91 Å². The van der Waals surface area contributed by atoms with Gasteiger partial charge in [0.15, 0.2) is 0 Å². The zero-order valence-corrected chi connectivity index (χ0v) is 21.5. The molecule has 1 atom stereocenters. The van der Waals surface area contributed by atoms with E-state index in [0.717, 1.165) is 40.8 Å². The van der Waals surface area contributed by atoms with Crippen molar-refractivity contribution >= 4 is 28.5 Å². The zero-order chi connectivity index (χ0) is 26.9. The number of nitrogens with zero attached hydrogens (tertiary/aromatic N) is 2. The summed E-state index contributed by atoms with van der Waals surface area (Å²) in [5, 5.41) is 9.47. The van der Waals surface area contributed by atoms with Crippen molar-refractivity contribution in [3.8, 4) is 17.0 Å². The van der Waals surface area contributed by atoms with Crippen molar-refractivity contribution in [3.63, 3.8) is 0 Å². The van der Waals surface area contributed by atoms with Gasteiger partial charge in [0.2, 0.25) is 0 Å². The van der Waals surface area contributed by atoms with Crippen LogP contribution in [0, 0.1) is 5.82 Å². The minimum absolute atomic E-state index is 0.210. The Bertz CT molecular complexity index is 1570. The number of rotatable bonds is 7. The van der Waals surface area contributed by atoms with E-state index in [1.165, 1.54) is 12.1 Å². The first-order chi connectivity index (χ1) is 18.9. The lowest BCUT2D eigenvalue weighted by atomic mass is 9.99. The Morgan fingerprint density at radius 1 is 1.10 bits per heavy atom. The Balaban J connectivity index is 1.19. The molecule has 2 aliphatic rings. The van der Waals surface area contributed by atoms with E-state index in [0.29, 0.717) is 42.0 Å². The van der Waals surface area contributed by atoms with Gasteiger partial charge < -0.3 is 20.7 Å². The van der Waals surface area contributed by atoms with E-state index < -0.39 is 0 Å². The van der Waals surface area contributed by atoms with Crippen molar-refractivity contribution in [3.05, 3.63) is 83.4 Å². The third kappa shape index (κ3) is 5.38. The second-order valence-electron chi connectivity index (χ2n) is 10.1. The standard InChI is InChI=1S/C30H28FN5O3/c1-17-16-39-28-24(17)15-23(34-27(28)18-4-6-21(31)7-5-18)10-12-33-29(37)20-13-19-3-2-11-32-26(19)25(14-20)36-30(38)35-22-8-9-22/h2-7,11,13-15,17,22H,8-10,12,16H2,1H3,(H,33,37)(H2,35,36,38). The highest BCUT2D eigenvalue weighted by Gasteiger charge is 2.26. The van der Waals surface area contributed by atoms with Crippen LogP contribution in [0.3, 0.4) is 0 Å². The first kappa shape index (κ1) is 24.8. The third-order valence-corrected chi connectivity index (χ3v) is 6.98. The van der Waals surface area contributed by atoms with Crippen LogP contribution in [-0.2, 0) is 6.42 Å². The Kier molecular flexibility index (Phi) is 6.56. The van der Waals surface area contributed by atoms with Crippen molar-refractivity contribution in [1.82, 2.24) is 20.6 Å². The maximum absolute atomic E-state index is 13.5. The Morgan fingerprint density at radius 2 is 1.92 bits per heavy atom. The van der Waals surface area contributed by atoms with Crippen LogP contribution in [0.25, 0.3) is 22.2 Å². The van der Waals surface area contributed by atoms with Crippen molar-refractivity contribution in [2.24, 2.45) is 0 Å². The van der Waals surface area contributed by atoms with Crippen LogP contribution < -0.4 is 20.7 Å². The van der Waals surface area contributed by atoms with Crippen LogP contribution in [0.1, 0.15) is 47.3 Å². The number of urea groups is 1. The summed E-state index contributed by atoms with van der Waals surface area (Å²) >= 11 is 0. The number of amides is 3. The molecule has 1 saturated carbocycles. The summed E-state index contributed by atoms with van der Waals surface area (Å²) in [6, 6.07) is 15.2. The SMILES string of the molecule is CC1COc2c1cc(CCNC(=O)c1cc(NC(=O)NC3CC3)c3ncccc3c1)nc2-c1ccc(F)cc1. The van der Waals surface area contributed by atoms with Crippen LogP contribution in [0.5, 0.6) is 5.75 Å². The van der Waals surface area contributed by atoms with Crippen molar-refractivity contribution < 1.29 is 18.7 Å². The number of fused-ring (bicyclic) bond motifs is 2. The lowest BCUT2D eigenvalue weighted by molar-refractivity contribution is 0.0954. The lowest BCUT2D eigenvalue weighted by Gasteiger charge is -2.13. The molecule has 1 aliphatic heterocycles. The van der Waals surface area contributed by atoms with Gasteiger partial charge in [-0.2, -0.15) is 0 Å². The van der Waals surface area contributed by atoms with E-state index >= 15 is 0 Å². The van der Waals surface area contributed by atoms with Gasteiger partial charge >= 0.3 is 6.03 Å². The molecule has 4 aromatic rings. The Morgan fingerprint density at radius 3 is 2.72 bits per heavy atom. The van der Waals surface area contributed by atoms with Gasteiger partial charge in [0, 0.05) is 58.9 Å². The number of halogens is 1. The molecule has 1 aliphatic carbocycles. The molecule has 3 heterocycles. The summed E-state index contributed by atoms with van der Waals surface area (Å²) in [5.74, 6) is 0.375. The summed E-state index contributed by atoms with van der Waals surface area (Å²) in [5.41, 5.74) is 4.86. The fourth-order valence-electron chi connectivity index (χ4n) is 4.75. The molecule has 8 nitrogen and oxygen atoms in total. The molecule has 0 spiro atoms. The highest BCUT2D eigenvalue weighted by Crippen LogP contribution is 2.41. The van der Waals surface area contributed by atoms with E-state index in [1.807, 2.05) is 12.1 Å². The van der Waals surface area contributed by atoms with Gasteiger partial charge in [-0.25, -0.2) is 14.2 Å². The molecule has 6 rings (SSSR count). The summed E-state index contributed by atoms with van der Waals surface area (Å²) in [4.78, 5) is 34.7. The molecule has 0 saturated heterocycles. The van der Waals surface area contributed by atoms with Crippen LogP contribution >= 0.6 is 0 Å². The summed E-state index contributed by atoms with van der Waals surface area (Å²) in [6.07, 6.45) is 4.11. The molecule has 3 amide bonds. The summed E-state index contributed by atoms with van der Waals surface area (Å²) in [6.45, 7) is 3.02. The Hall–Kier alpha value is -4.53. The van der Waals surface area contributed by atoms with Crippen LogP contribution in [0.4, 0.5) is 14.9 Å². The normalized spacial score (nSPS) is 15.9. The fraction of sp³-hybridized carbons (Fsp3) is 0.267. The molecule has 2 aromatic heterocycles. The first-order valence-electron chi connectivity index (χ1n) is 13.1. The summed E-state index contributed by atoms with van der Waals surface area (Å²) < 4.78 is 19.4. The van der Waals surface area contributed by atoms with E-state index in [9.17, 15) is 14.0 Å². The Labute approximate surface area is 225 Å². The van der Waals surface area contributed by atoms with Gasteiger partial charge in [-0.15, -0.1) is 0 Å². The molecule has 0 radical (unpaired) electrons. The predicted molar refractivity (Wildman–Crippen MR) is 146 cm³/mol. The number of carbonyl (C=O) groups excluding carboxylic acids is 2. The lowest BCUT2D eigenvalue weighted by Crippen LogP contribution is -2.31. The molecule has 9 heteroatoms. The first-order valence-corrected chi connectivity index (χ1v) is 13.1. The molecule has 198 valence electrons. The van der Waals surface area contributed by atoms with Crippen LogP contribution in [-0.4, -0.2) is 41.1 Å². The number of hydrogen-bond donors (Lipinski definition) is 3. The minimum Gasteiger partial charge on any atom is -0.490 e. The molecule has 39 heavy (non-hydrogen) atoms. The second kappa shape index (κ2) is 10.3. The number of hydrogen-bond acceptors (Lipinski definition) is 5. The van der Waals surface area contributed by atoms with Crippen LogP contribution in [0.15, 0.2) is 60.8 Å². The fourth-order valence-corrected chi connectivity index (χ4v) is 4.75. The highest BCUT2D eigenvalue weighted by molar-refractivity contribution is 6.05. The average molecular weight is 526 g/mol. The number of anilines is 1. The number of carbonyl (C=O) groups is 2. The van der Waals surface area contributed by atoms with Crippen LogP contribution in [0.2, 0.25) is 0 Å². The number of nitrogens with one attached hydrogen (secondary N) is 3. The maximum atomic E-state index is 13.5. The van der Waals surface area contributed by atoms with E-state index in [-0.39, 0.29) is 29.7 Å². The van der Waals surface area contributed by atoms with E-state index in [4.69, 9.17) is 9.72 Å². The zero-order valence-electron chi connectivity index (χ0n) is 21.5. The largest absolute Gasteiger partial charge is 0.490 e. The molecular formula is C30H28FN5O3. The maximum Gasteiger partial charge on any atom is 0.319 e. The molecule has 0 bridgehead atoms. The van der Waals surface area contributed by atoms with E-state index in [2.05, 4.69) is 27.9 Å². The quantitative estimate of drug-likeness (QED) is 0.308. The second-order valence-corrected chi connectivity index (χ2v) is 10.1. The molecule has 1 fully saturated rings. The van der Waals surface area contributed by atoms with Gasteiger partial charge in [0.05, 0.1) is 17.8 Å². The molecule has 3 N–H and O–H groups in total. The number of benzene rings is 2. The predicted octanol–water partition coefficient (Wildman–Crippen LogP) is 5.19. The highest BCUT2D eigenvalue weighted by atomic mass is 19.1. The van der Waals surface area contributed by atoms with Crippen molar-refractivity contribution in [1.29, 1.82) is 0 Å². The topological polar surface area (TPSA) is 105 Å². The number of aromatic nitrogens is 2. The molecule has 2 aromatic carbocycles. The monoisotopic (exact) mass is 525 g/mol. The van der Waals surface area contributed by atoms with Crippen molar-refractivity contribution in [2.75, 3.05) is 18.5 Å². The smallest absolute Gasteiger partial charge is 0.319 e. The van der Waals surface area contributed by atoms with E-state index in [1.54, 1.807) is 36.5 Å². The van der Waals surface area contributed by atoms with Gasteiger partial charge in [0.1, 0.15) is 17.3 Å². The number of ether oxygens (including phenoxy) is 1. The van der Waals surface area contributed by atoms with Gasteiger partial charge in [-0.1, -0.05) is 13.0 Å². The minimum atomic E-state index is -0.310. The van der Waals surface area contributed by atoms with Gasteiger partial charge in [-0.05, 0) is 61.4 Å². The molecular weight excluding hydrogens is 497 g/mol. The average Bonchev–Trinajstić information content (AvgIpc) is 3.68. The third-order valence-electron chi connectivity index (χ3n) is 6.98. The van der Waals surface area contributed by atoms with Gasteiger partial charge in [-0.3, -0.25) is 9.78 Å². The molecule has 1 unspecified atom stereocenters.